The lowest BCUT2D eigenvalue weighted by atomic mass is 10.0. The van der Waals surface area contributed by atoms with Crippen LogP contribution in [-0.2, 0) is 38.6 Å². The van der Waals surface area contributed by atoms with E-state index in [0.29, 0.717) is 36.3 Å². The number of amides is 1. The molecule has 4 rings (SSSR count). The average molecular weight is 627 g/mol. The van der Waals surface area contributed by atoms with Crippen LogP contribution >= 0.6 is 0 Å². The van der Waals surface area contributed by atoms with Crippen molar-refractivity contribution in [1.82, 2.24) is 15.0 Å². The van der Waals surface area contributed by atoms with E-state index >= 15 is 0 Å². The van der Waals surface area contributed by atoms with Gasteiger partial charge in [-0.3, -0.25) is 14.6 Å². The Bertz CT molecular complexity index is 1680. The Balaban J connectivity index is 1.34. The smallest absolute Gasteiger partial charge is 0.416 e. The first-order chi connectivity index (χ1) is 20.9. The number of halogens is 3. The van der Waals surface area contributed by atoms with Gasteiger partial charge >= 0.3 is 12.1 Å². The van der Waals surface area contributed by atoms with E-state index in [1.165, 1.54) is 0 Å². The van der Waals surface area contributed by atoms with Gasteiger partial charge in [0.2, 0.25) is 15.9 Å². The van der Waals surface area contributed by atoms with Gasteiger partial charge in [-0.1, -0.05) is 42.5 Å². The van der Waals surface area contributed by atoms with E-state index in [0.717, 1.165) is 29.0 Å². The van der Waals surface area contributed by atoms with Crippen LogP contribution in [-0.4, -0.2) is 49.5 Å². The van der Waals surface area contributed by atoms with Gasteiger partial charge in [0.05, 0.1) is 17.0 Å². The summed E-state index contributed by atoms with van der Waals surface area (Å²) < 4.78 is 65.9. The second kappa shape index (κ2) is 14.3. The topological polar surface area (TPSA) is 137 Å². The molecule has 13 heteroatoms. The van der Waals surface area contributed by atoms with E-state index in [9.17, 15) is 36.3 Å². The Morgan fingerprint density at radius 3 is 2.25 bits per heavy atom. The molecule has 1 atom stereocenters. The van der Waals surface area contributed by atoms with Gasteiger partial charge in [-0.05, 0) is 71.6 Å². The number of anilines is 1. The normalized spacial score (nSPS) is 12.4. The maximum absolute atomic E-state index is 12.8. The molecule has 0 aliphatic carbocycles. The molecule has 4 N–H and O–H groups in total. The molecule has 0 spiro atoms. The van der Waals surface area contributed by atoms with Crippen molar-refractivity contribution in [1.29, 1.82) is 0 Å². The molecule has 3 aromatic carbocycles. The second-order valence-electron chi connectivity index (χ2n) is 9.81. The van der Waals surface area contributed by atoms with Crippen LogP contribution in [0.2, 0.25) is 0 Å². The molecule has 0 fully saturated rings. The molecule has 0 aliphatic rings. The van der Waals surface area contributed by atoms with Gasteiger partial charge in [-0.15, -0.1) is 0 Å². The number of nitrogens with one attached hydrogen (secondary N) is 3. The van der Waals surface area contributed by atoms with Gasteiger partial charge in [0.15, 0.2) is 0 Å². The molecule has 1 aromatic heterocycles. The van der Waals surface area contributed by atoms with Gasteiger partial charge in [0.25, 0.3) is 0 Å². The number of hydrogen-bond acceptors (Lipinski definition) is 6. The number of aromatic nitrogens is 1. The lowest BCUT2D eigenvalue weighted by Crippen LogP contribution is -2.42. The number of carbonyl (C=O) groups excluding carboxylic acids is 1. The molecule has 0 bridgehead atoms. The van der Waals surface area contributed by atoms with Crippen molar-refractivity contribution in [3.63, 3.8) is 0 Å². The first kappa shape index (κ1) is 32.3. The summed E-state index contributed by atoms with van der Waals surface area (Å²) in [6, 6.07) is 20.8. The fraction of sp³-hybridized carbons (Fsp3) is 0.194. The van der Waals surface area contributed by atoms with Gasteiger partial charge in [-0.2, -0.15) is 17.9 Å². The molecule has 1 amide bonds. The van der Waals surface area contributed by atoms with Crippen molar-refractivity contribution >= 4 is 27.6 Å². The van der Waals surface area contributed by atoms with Crippen LogP contribution < -0.4 is 15.4 Å². The van der Waals surface area contributed by atoms with Crippen LogP contribution in [0.15, 0.2) is 102 Å². The number of hydrogen-bond donors (Lipinski definition) is 4. The minimum absolute atomic E-state index is 0.124. The second-order valence-corrected chi connectivity index (χ2v) is 11.5. The van der Waals surface area contributed by atoms with Crippen molar-refractivity contribution in [2.45, 2.75) is 30.0 Å². The third-order valence-corrected chi connectivity index (χ3v) is 8.02. The van der Waals surface area contributed by atoms with Crippen LogP contribution in [0.5, 0.6) is 0 Å². The number of pyridine rings is 1. The Morgan fingerprint density at radius 1 is 0.886 bits per heavy atom. The third-order valence-electron chi connectivity index (χ3n) is 6.53. The Morgan fingerprint density at radius 2 is 1.61 bits per heavy atom. The number of sulfonamides is 1. The van der Waals surface area contributed by atoms with E-state index < -0.39 is 38.7 Å². The molecule has 9 nitrogen and oxygen atoms in total. The largest absolute Gasteiger partial charge is 0.480 e. The zero-order chi connectivity index (χ0) is 31.7. The van der Waals surface area contributed by atoms with Crippen molar-refractivity contribution in [3.8, 4) is 11.1 Å². The van der Waals surface area contributed by atoms with Crippen LogP contribution in [0.1, 0.15) is 16.8 Å². The number of carboxylic acids is 1. The van der Waals surface area contributed by atoms with Crippen molar-refractivity contribution < 1.29 is 36.3 Å². The highest BCUT2D eigenvalue weighted by Crippen LogP contribution is 2.30. The highest BCUT2D eigenvalue weighted by Gasteiger charge is 2.31. The zero-order valence-corrected chi connectivity index (χ0v) is 24.0. The zero-order valence-electron chi connectivity index (χ0n) is 23.2. The quantitative estimate of drug-likeness (QED) is 0.160. The van der Waals surface area contributed by atoms with E-state index in [1.807, 2.05) is 24.3 Å². The molecular weight excluding hydrogens is 597 g/mol. The summed E-state index contributed by atoms with van der Waals surface area (Å²) in [5.74, 6) is -1.66. The van der Waals surface area contributed by atoms with Crippen LogP contribution in [0.3, 0.4) is 0 Å². The van der Waals surface area contributed by atoms with E-state index in [-0.39, 0.29) is 18.9 Å². The summed E-state index contributed by atoms with van der Waals surface area (Å²) in [5, 5.41) is 15.6. The van der Waals surface area contributed by atoms with Gasteiger partial charge in [0.1, 0.15) is 6.04 Å². The van der Waals surface area contributed by atoms with E-state index in [2.05, 4.69) is 20.3 Å². The molecule has 0 radical (unpaired) electrons. The number of nitrogens with zero attached hydrogens (tertiary/aromatic N) is 1. The van der Waals surface area contributed by atoms with Crippen molar-refractivity contribution in [3.05, 3.63) is 114 Å². The molecule has 1 heterocycles. The lowest BCUT2D eigenvalue weighted by Gasteiger charge is -2.16. The molecule has 230 valence electrons. The van der Waals surface area contributed by atoms with Crippen LogP contribution in [0.25, 0.3) is 11.1 Å². The van der Waals surface area contributed by atoms with Crippen LogP contribution in [0, 0.1) is 0 Å². The molecule has 4 aromatic rings. The predicted molar refractivity (Wildman–Crippen MR) is 158 cm³/mol. The molecule has 0 aliphatic heterocycles. The first-order valence-electron chi connectivity index (χ1n) is 13.4. The maximum atomic E-state index is 12.8. The van der Waals surface area contributed by atoms with Gasteiger partial charge in [-0.25, -0.2) is 8.42 Å². The third kappa shape index (κ3) is 9.20. The average Bonchev–Trinajstić information content (AvgIpc) is 2.99. The maximum Gasteiger partial charge on any atom is 0.416 e. The van der Waals surface area contributed by atoms with Gasteiger partial charge in [0, 0.05) is 30.5 Å². The molecule has 0 saturated carbocycles. The highest BCUT2D eigenvalue weighted by atomic mass is 32.2. The number of alkyl halides is 3. The number of carbonyl (C=O) groups is 2. The molecule has 0 unspecified atom stereocenters. The van der Waals surface area contributed by atoms with Crippen molar-refractivity contribution in [2.24, 2.45) is 0 Å². The monoisotopic (exact) mass is 626 g/mol. The van der Waals surface area contributed by atoms with Gasteiger partial charge < -0.3 is 15.7 Å². The number of carboxylic acid groups (broad SMARTS) is 1. The Hall–Kier alpha value is -4.59. The van der Waals surface area contributed by atoms with E-state index in [4.69, 9.17) is 0 Å². The van der Waals surface area contributed by atoms with E-state index in [1.54, 1.807) is 48.7 Å². The minimum Gasteiger partial charge on any atom is -0.480 e. The fourth-order valence-electron chi connectivity index (χ4n) is 4.27. The predicted octanol–water partition coefficient (Wildman–Crippen LogP) is 4.51. The molecular formula is C31H29F3N4O5S. The Labute approximate surface area is 252 Å². The fourth-order valence-corrected chi connectivity index (χ4v) is 5.46. The summed E-state index contributed by atoms with van der Waals surface area (Å²) in [6.07, 6.45) is -2.44. The number of rotatable bonds is 13. The highest BCUT2D eigenvalue weighted by molar-refractivity contribution is 7.89. The first-order valence-corrected chi connectivity index (χ1v) is 14.9. The number of aliphatic carboxylic acids is 1. The SMILES string of the molecule is O=C(CNCCc1ccccn1)Nc1cccc(-c2ccc(C[C@H](NS(=O)(=O)c3ccc(C(F)(F)F)cc3)C(=O)O)cc2)c1. The van der Waals surface area contributed by atoms with Crippen molar-refractivity contribution in [2.75, 3.05) is 18.4 Å². The lowest BCUT2D eigenvalue weighted by molar-refractivity contribution is -0.139. The minimum atomic E-state index is -4.64. The summed E-state index contributed by atoms with van der Waals surface area (Å²) in [4.78, 5) is 28.0. The summed E-state index contributed by atoms with van der Waals surface area (Å²) in [7, 11) is -4.41. The summed E-state index contributed by atoms with van der Waals surface area (Å²) in [5.41, 5.74) is 2.57. The summed E-state index contributed by atoms with van der Waals surface area (Å²) >= 11 is 0. The Kier molecular flexibility index (Phi) is 10.5. The number of benzene rings is 3. The molecule has 0 saturated heterocycles. The summed E-state index contributed by atoms with van der Waals surface area (Å²) in [6.45, 7) is 0.717. The van der Waals surface area contributed by atoms with Crippen LogP contribution in [0.4, 0.5) is 18.9 Å². The standard InChI is InChI=1S/C31H29F3N4O5S/c32-31(33,34)24-11-13-27(14-12-24)44(42,43)38-28(30(40)41)18-21-7-9-22(10-8-21)23-4-3-6-26(19-23)37-29(39)20-35-17-15-25-5-1-2-16-36-25/h1-14,16,19,28,35,38H,15,17-18,20H2,(H,37,39)(H,40,41)/t28-/m0/s1. The molecule has 44 heavy (non-hydrogen) atoms.